The van der Waals surface area contributed by atoms with Crippen molar-refractivity contribution in [2.24, 2.45) is 0 Å². The fourth-order valence-electron chi connectivity index (χ4n) is 2.44. The van der Waals surface area contributed by atoms with Crippen molar-refractivity contribution in [3.8, 4) is 5.75 Å². The quantitative estimate of drug-likeness (QED) is 0.557. The Kier molecular flexibility index (Phi) is 7.68. The van der Waals surface area contributed by atoms with Crippen LogP contribution in [0.2, 0.25) is 0 Å². The van der Waals surface area contributed by atoms with Gasteiger partial charge in [-0.15, -0.1) is 11.6 Å². The Labute approximate surface area is 147 Å². The third-order valence-electron chi connectivity index (χ3n) is 3.74. The SMILES string of the molecule is O=C(CCCOc1ccccc1)N1CCN(C(=O)OCCCl)CC1. The molecule has 1 aromatic carbocycles. The summed E-state index contributed by atoms with van der Waals surface area (Å²) in [5, 5.41) is 0. The van der Waals surface area contributed by atoms with Crippen molar-refractivity contribution < 1.29 is 19.1 Å². The molecule has 0 atom stereocenters. The topological polar surface area (TPSA) is 59.1 Å². The maximum Gasteiger partial charge on any atom is 0.409 e. The van der Waals surface area contributed by atoms with Crippen LogP contribution in [-0.4, -0.2) is 67.1 Å². The van der Waals surface area contributed by atoms with Gasteiger partial charge in [0, 0.05) is 32.6 Å². The lowest BCUT2D eigenvalue weighted by molar-refractivity contribution is -0.133. The van der Waals surface area contributed by atoms with E-state index in [4.69, 9.17) is 21.1 Å². The van der Waals surface area contributed by atoms with Gasteiger partial charge in [0.05, 0.1) is 12.5 Å². The number of alkyl halides is 1. The molecule has 2 rings (SSSR count). The van der Waals surface area contributed by atoms with Crippen molar-refractivity contribution >= 4 is 23.6 Å². The van der Waals surface area contributed by atoms with E-state index in [1.807, 2.05) is 30.3 Å². The molecule has 6 nitrogen and oxygen atoms in total. The third kappa shape index (κ3) is 5.92. The Bertz CT molecular complexity index is 519. The van der Waals surface area contributed by atoms with Gasteiger partial charge in [0.2, 0.25) is 5.91 Å². The Morgan fingerprint density at radius 2 is 1.67 bits per heavy atom. The Balaban J connectivity index is 1.61. The summed E-state index contributed by atoms with van der Waals surface area (Å²) in [6.07, 6.45) is 0.758. The number of hydrogen-bond acceptors (Lipinski definition) is 4. The van der Waals surface area contributed by atoms with Crippen LogP contribution in [0.5, 0.6) is 5.75 Å². The molecule has 0 aromatic heterocycles. The van der Waals surface area contributed by atoms with Gasteiger partial charge in [-0.3, -0.25) is 4.79 Å². The number of benzene rings is 1. The third-order valence-corrected chi connectivity index (χ3v) is 3.89. The zero-order valence-corrected chi connectivity index (χ0v) is 14.4. The average Bonchev–Trinajstić information content (AvgIpc) is 2.64. The second-order valence-corrected chi connectivity index (χ2v) is 5.81. The van der Waals surface area contributed by atoms with Crippen LogP contribution in [-0.2, 0) is 9.53 Å². The van der Waals surface area contributed by atoms with Crippen molar-refractivity contribution in [1.82, 2.24) is 9.80 Å². The first-order valence-corrected chi connectivity index (χ1v) is 8.67. The molecule has 132 valence electrons. The number of amides is 2. The largest absolute Gasteiger partial charge is 0.494 e. The minimum absolute atomic E-state index is 0.0976. The van der Waals surface area contributed by atoms with Crippen LogP contribution in [0, 0.1) is 0 Å². The predicted molar refractivity (Wildman–Crippen MR) is 91.4 cm³/mol. The van der Waals surface area contributed by atoms with E-state index < -0.39 is 0 Å². The molecule has 1 aromatic rings. The molecule has 0 spiro atoms. The lowest BCUT2D eigenvalue weighted by atomic mass is 10.2. The fraction of sp³-hybridized carbons (Fsp3) is 0.529. The molecular weight excluding hydrogens is 332 g/mol. The zero-order valence-electron chi connectivity index (χ0n) is 13.7. The van der Waals surface area contributed by atoms with Crippen LogP contribution >= 0.6 is 11.6 Å². The molecule has 1 aliphatic rings. The summed E-state index contributed by atoms with van der Waals surface area (Å²) in [4.78, 5) is 27.3. The highest BCUT2D eigenvalue weighted by molar-refractivity contribution is 6.18. The summed E-state index contributed by atoms with van der Waals surface area (Å²) < 4.78 is 10.6. The molecule has 0 bridgehead atoms. The van der Waals surface area contributed by atoms with Gasteiger partial charge in [0.15, 0.2) is 0 Å². The molecule has 2 amide bonds. The number of ether oxygens (including phenoxy) is 2. The van der Waals surface area contributed by atoms with Gasteiger partial charge >= 0.3 is 6.09 Å². The lowest BCUT2D eigenvalue weighted by Crippen LogP contribution is -2.50. The summed E-state index contributed by atoms with van der Waals surface area (Å²) in [7, 11) is 0. The number of piperazine rings is 1. The molecular formula is C17H23ClN2O4. The summed E-state index contributed by atoms with van der Waals surface area (Å²) in [5.41, 5.74) is 0. The minimum Gasteiger partial charge on any atom is -0.494 e. The minimum atomic E-state index is -0.362. The van der Waals surface area contributed by atoms with E-state index in [1.165, 1.54) is 0 Å². The van der Waals surface area contributed by atoms with Crippen LogP contribution in [0.15, 0.2) is 30.3 Å². The molecule has 0 saturated carbocycles. The van der Waals surface area contributed by atoms with E-state index in [0.717, 1.165) is 5.75 Å². The zero-order chi connectivity index (χ0) is 17.2. The van der Waals surface area contributed by atoms with E-state index in [9.17, 15) is 9.59 Å². The molecule has 1 heterocycles. The van der Waals surface area contributed by atoms with Gasteiger partial charge in [-0.05, 0) is 18.6 Å². The van der Waals surface area contributed by atoms with Crippen molar-refractivity contribution in [3.63, 3.8) is 0 Å². The van der Waals surface area contributed by atoms with Crippen LogP contribution in [0.1, 0.15) is 12.8 Å². The van der Waals surface area contributed by atoms with Crippen LogP contribution in [0.25, 0.3) is 0 Å². The van der Waals surface area contributed by atoms with E-state index >= 15 is 0 Å². The second-order valence-electron chi connectivity index (χ2n) is 5.44. The molecule has 1 aliphatic heterocycles. The van der Waals surface area contributed by atoms with Crippen molar-refractivity contribution in [1.29, 1.82) is 0 Å². The van der Waals surface area contributed by atoms with E-state index in [2.05, 4.69) is 0 Å². The first-order chi connectivity index (χ1) is 11.7. The second kappa shape index (κ2) is 10.0. The maximum absolute atomic E-state index is 12.2. The smallest absolute Gasteiger partial charge is 0.409 e. The molecule has 7 heteroatoms. The van der Waals surface area contributed by atoms with E-state index in [-0.39, 0.29) is 24.5 Å². The highest BCUT2D eigenvalue weighted by atomic mass is 35.5. The Hall–Kier alpha value is -1.95. The van der Waals surface area contributed by atoms with Gasteiger partial charge in [-0.1, -0.05) is 18.2 Å². The van der Waals surface area contributed by atoms with Crippen molar-refractivity contribution in [2.75, 3.05) is 45.3 Å². The van der Waals surface area contributed by atoms with E-state index in [1.54, 1.807) is 9.80 Å². The Morgan fingerprint density at radius 3 is 2.33 bits per heavy atom. The molecule has 1 saturated heterocycles. The number of carbonyl (C=O) groups is 2. The monoisotopic (exact) mass is 354 g/mol. The van der Waals surface area contributed by atoms with Crippen LogP contribution in [0.3, 0.4) is 0 Å². The lowest BCUT2D eigenvalue weighted by Gasteiger charge is -2.34. The standard InChI is InChI=1S/C17H23ClN2O4/c18-8-14-24-17(22)20-11-9-19(10-12-20)16(21)7-4-13-23-15-5-2-1-3-6-15/h1-3,5-6H,4,7-14H2. The van der Waals surface area contributed by atoms with Crippen LogP contribution < -0.4 is 4.74 Å². The van der Waals surface area contributed by atoms with Gasteiger partial charge in [-0.25, -0.2) is 4.79 Å². The highest BCUT2D eigenvalue weighted by Gasteiger charge is 2.24. The van der Waals surface area contributed by atoms with Crippen molar-refractivity contribution in [3.05, 3.63) is 30.3 Å². The molecule has 0 aliphatic carbocycles. The summed E-state index contributed by atoms with van der Waals surface area (Å²) in [6.45, 7) is 2.78. The molecule has 0 unspecified atom stereocenters. The Morgan fingerprint density at radius 1 is 1.00 bits per heavy atom. The van der Waals surface area contributed by atoms with E-state index in [0.29, 0.717) is 45.6 Å². The first-order valence-electron chi connectivity index (χ1n) is 8.14. The first kappa shape index (κ1) is 18.4. The molecule has 24 heavy (non-hydrogen) atoms. The van der Waals surface area contributed by atoms with Crippen LogP contribution in [0.4, 0.5) is 4.79 Å². The normalized spacial score (nSPS) is 14.4. The average molecular weight is 355 g/mol. The number of halogens is 1. The van der Waals surface area contributed by atoms with Gasteiger partial charge in [-0.2, -0.15) is 0 Å². The van der Waals surface area contributed by atoms with Gasteiger partial charge in [0.1, 0.15) is 12.4 Å². The maximum atomic E-state index is 12.2. The molecule has 0 radical (unpaired) electrons. The summed E-state index contributed by atoms with van der Waals surface area (Å²) >= 11 is 5.49. The van der Waals surface area contributed by atoms with Gasteiger partial charge < -0.3 is 19.3 Å². The number of rotatable bonds is 7. The highest BCUT2D eigenvalue weighted by Crippen LogP contribution is 2.10. The van der Waals surface area contributed by atoms with Gasteiger partial charge in [0.25, 0.3) is 0 Å². The summed E-state index contributed by atoms with van der Waals surface area (Å²) in [5.74, 6) is 1.20. The predicted octanol–water partition coefficient (Wildman–Crippen LogP) is 2.37. The fourth-order valence-corrected chi connectivity index (χ4v) is 2.52. The van der Waals surface area contributed by atoms with Crippen molar-refractivity contribution in [2.45, 2.75) is 12.8 Å². The number of hydrogen-bond donors (Lipinski definition) is 0. The molecule has 0 N–H and O–H groups in total. The summed E-state index contributed by atoms with van der Waals surface area (Å²) in [6, 6.07) is 9.55. The number of nitrogens with zero attached hydrogens (tertiary/aromatic N) is 2. The number of para-hydroxylation sites is 1. The molecule has 1 fully saturated rings. The number of carbonyl (C=O) groups excluding carboxylic acids is 2.